The van der Waals surface area contributed by atoms with Crippen LogP contribution in [-0.4, -0.2) is 18.9 Å². The second kappa shape index (κ2) is 14.0. The van der Waals surface area contributed by atoms with Crippen LogP contribution in [0.5, 0.6) is 0 Å². The van der Waals surface area contributed by atoms with Crippen LogP contribution in [0.3, 0.4) is 0 Å². The van der Waals surface area contributed by atoms with Gasteiger partial charge in [-0.25, -0.2) is 0 Å². The summed E-state index contributed by atoms with van der Waals surface area (Å²) in [5.41, 5.74) is 0. The van der Waals surface area contributed by atoms with Gasteiger partial charge in [0, 0.05) is 12.8 Å². The maximum absolute atomic E-state index is 11.2. The predicted octanol–water partition coefficient (Wildman–Crippen LogP) is 4.37. The Morgan fingerprint density at radius 3 is 2.35 bits per heavy atom. The van der Waals surface area contributed by atoms with Crippen molar-refractivity contribution < 1.29 is 14.3 Å². The molecule has 3 heteroatoms. The van der Waals surface area contributed by atoms with Crippen LogP contribution >= 0.6 is 0 Å². The van der Waals surface area contributed by atoms with E-state index in [0.717, 1.165) is 38.5 Å². The molecule has 0 fully saturated rings. The first-order chi connectivity index (χ1) is 9.70. The zero-order valence-corrected chi connectivity index (χ0v) is 12.9. The van der Waals surface area contributed by atoms with E-state index >= 15 is 0 Å². The van der Waals surface area contributed by atoms with Gasteiger partial charge in [0.25, 0.3) is 0 Å². The van der Waals surface area contributed by atoms with E-state index in [0.29, 0.717) is 12.8 Å². The zero-order valence-electron chi connectivity index (χ0n) is 12.9. The van der Waals surface area contributed by atoms with Crippen LogP contribution in [0.4, 0.5) is 0 Å². The van der Waals surface area contributed by atoms with Crippen LogP contribution in [0.1, 0.15) is 64.7 Å². The van der Waals surface area contributed by atoms with Gasteiger partial charge < -0.3 is 4.74 Å². The van der Waals surface area contributed by atoms with Crippen LogP contribution in [-0.2, 0) is 14.3 Å². The summed E-state index contributed by atoms with van der Waals surface area (Å²) < 4.78 is 4.59. The lowest BCUT2D eigenvalue weighted by Crippen LogP contribution is -1.98. The van der Waals surface area contributed by atoms with Crippen molar-refractivity contribution in [1.82, 2.24) is 0 Å². The minimum absolute atomic E-state index is 0.114. The lowest BCUT2D eigenvalue weighted by atomic mass is 10.1. The Labute approximate surface area is 123 Å². The molecule has 0 aromatic heterocycles. The minimum Gasteiger partial charge on any atom is -0.469 e. The molecule has 0 unspecified atom stereocenters. The van der Waals surface area contributed by atoms with E-state index in [1.54, 1.807) is 6.08 Å². The molecule has 0 aromatic rings. The highest BCUT2D eigenvalue weighted by Gasteiger charge is 1.98. The van der Waals surface area contributed by atoms with Gasteiger partial charge >= 0.3 is 5.97 Å². The third-order valence-electron chi connectivity index (χ3n) is 3.01. The molecule has 0 amide bonds. The fourth-order valence-corrected chi connectivity index (χ4v) is 1.83. The fourth-order valence-electron chi connectivity index (χ4n) is 1.83. The van der Waals surface area contributed by atoms with Gasteiger partial charge in [-0.3, -0.25) is 9.59 Å². The van der Waals surface area contributed by atoms with Crippen molar-refractivity contribution in [1.29, 1.82) is 0 Å². The SMILES string of the molecule is CCCC(=O)C=CC=CCCCCCCCC(=O)OC. The smallest absolute Gasteiger partial charge is 0.305 e. The molecule has 0 aliphatic carbocycles. The molecule has 0 rings (SSSR count). The van der Waals surface area contributed by atoms with Crippen LogP contribution in [0, 0.1) is 0 Å². The van der Waals surface area contributed by atoms with Crippen molar-refractivity contribution in [3.05, 3.63) is 24.3 Å². The van der Waals surface area contributed by atoms with Gasteiger partial charge in [0.05, 0.1) is 7.11 Å². The molecule has 0 aliphatic heterocycles. The topological polar surface area (TPSA) is 43.4 Å². The molecule has 0 bridgehead atoms. The van der Waals surface area contributed by atoms with Gasteiger partial charge in [0.2, 0.25) is 0 Å². The summed E-state index contributed by atoms with van der Waals surface area (Å²) in [5, 5.41) is 0. The monoisotopic (exact) mass is 280 g/mol. The van der Waals surface area contributed by atoms with E-state index in [2.05, 4.69) is 10.8 Å². The van der Waals surface area contributed by atoms with E-state index in [-0.39, 0.29) is 11.8 Å². The maximum Gasteiger partial charge on any atom is 0.305 e. The summed E-state index contributed by atoms with van der Waals surface area (Å²) in [7, 11) is 1.43. The summed E-state index contributed by atoms with van der Waals surface area (Å²) in [4.78, 5) is 22.1. The zero-order chi connectivity index (χ0) is 15.1. The number of hydrogen-bond acceptors (Lipinski definition) is 3. The summed E-state index contributed by atoms with van der Waals surface area (Å²) in [6.07, 6.45) is 16.2. The summed E-state index contributed by atoms with van der Waals surface area (Å²) in [5.74, 6) is 0.0834. The molecule has 0 heterocycles. The Morgan fingerprint density at radius 2 is 1.65 bits per heavy atom. The quantitative estimate of drug-likeness (QED) is 0.231. The first-order valence-electron chi connectivity index (χ1n) is 7.63. The molecule has 3 nitrogen and oxygen atoms in total. The van der Waals surface area contributed by atoms with Crippen molar-refractivity contribution in [3.8, 4) is 0 Å². The van der Waals surface area contributed by atoms with Crippen molar-refractivity contribution in [2.24, 2.45) is 0 Å². The van der Waals surface area contributed by atoms with Gasteiger partial charge in [-0.1, -0.05) is 44.4 Å². The van der Waals surface area contributed by atoms with E-state index < -0.39 is 0 Å². The molecule has 0 saturated heterocycles. The van der Waals surface area contributed by atoms with Gasteiger partial charge in [-0.2, -0.15) is 0 Å². The van der Waals surface area contributed by atoms with Crippen LogP contribution in [0.15, 0.2) is 24.3 Å². The van der Waals surface area contributed by atoms with Gasteiger partial charge in [-0.15, -0.1) is 0 Å². The summed E-state index contributed by atoms with van der Waals surface area (Å²) in [6.45, 7) is 2.01. The average molecular weight is 280 g/mol. The van der Waals surface area contributed by atoms with E-state index in [4.69, 9.17) is 0 Å². The number of ether oxygens (including phenoxy) is 1. The Kier molecular flexibility index (Phi) is 13.1. The highest BCUT2D eigenvalue weighted by Crippen LogP contribution is 2.08. The molecule has 20 heavy (non-hydrogen) atoms. The van der Waals surface area contributed by atoms with Gasteiger partial charge in [0.15, 0.2) is 5.78 Å². The summed E-state index contributed by atoms with van der Waals surface area (Å²) >= 11 is 0. The standard InChI is InChI=1S/C17H28O3/c1-3-13-16(18)14-11-9-7-5-4-6-8-10-12-15-17(19)20-2/h7,9,11,14H,3-6,8,10,12-13,15H2,1-2H3. The lowest BCUT2D eigenvalue weighted by Gasteiger charge is -1.99. The summed E-state index contributed by atoms with van der Waals surface area (Å²) in [6, 6.07) is 0. The van der Waals surface area contributed by atoms with Gasteiger partial charge in [-0.05, 0) is 31.8 Å². The second-order valence-corrected chi connectivity index (χ2v) is 4.89. The fraction of sp³-hybridized carbons (Fsp3) is 0.647. The van der Waals surface area contributed by atoms with E-state index in [9.17, 15) is 9.59 Å². The highest BCUT2D eigenvalue weighted by molar-refractivity contribution is 5.89. The second-order valence-electron chi connectivity index (χ2n) is 4.89. The third-order valence-corrected chi connectivity index (χ3v) is 3.01. The molecule has 0 saturated carbocycles. The molecule has 0 spiro atoms. The molecular formula is C17H28O3. The first kappa shape index (κ1) is 18.6. The number of hydrogen-bond donors (Lipinski definition) is 0. The van der Waals surface area contributed by atoms with Crippen molar-refractivity contribution >= 4 is 11.8 Å². The average Bonchev–Trinajstić information content (AvgIpc) is 2.44. The highest BCUT2D eigenvalue weighted by atomic mass is 16.5. The van der Waals surface area contributed by atoms with E-state index in [1.807, 2.05) is 19.1 Å². The Morgan fingerprint density at radius 1 is 0.950 bits per heavy atom. The van der Waals surface area contributed by atoms with Crippen molar-refractivity contribution in [2.75, 3.05) is 7.11 Å². The number of esters is 1. The maximum atomic E-state index is 11.2. The van der Waals surface area contributed by atoms with Gasteiger partial charge in [0.1, 0.15) is 0 Å². The Hall–Kier alpha value is -1.38. The molecule has 0 N–H and O–H groups in total. The number of methoxy groups -OCH3 is 1. The number of unbranched alkanes of at least 4 members (excludes halogenated alkanes) is 5. The number of carbonyl (C=O) groups excluding carboxylic acids is 2. The van der Waals surface area contributed by atoms with Crippen molar-refractivity contribution in [3.63, 3.8) is 0 Å². The Balaban J connectivity index is 3.35. The molecular weight excluding hydrogens is 252 g/mol. The van der Waals surface area contributed by atoms with Crippen LogP contribution in [0.2, 0.25) is 0 Å². The van der Waals surface area contributed by atoms with E-state index in [1.165, 1.54) is 13.5 Å². The van der Waals surface area contributed by atoms with Crippen LogP contribution < -0.4 is 0 Å². The molecule has 114 valence electrons. The van der Waals surface area contributed by atoms with Crippen LogP contribution in [0.25, 0.3) is 0 Å². The van der Waals surface area contributed by atoms with Crippen molar-refractivity contribution in [2.45, 2.75) is 64.7 Å². The number of rotatable bonds is 12. The largest absolute Gasteiger partial charge is 0.469 e. The first-order valence-corrected chi connectivity index (χ1v) is 7.63. The molecule has 0 aliphatic rings. The normalized spacial score (nSPS) is 11.3. The lowest BCUT2D eigenvalue weighted by molar-refractivity contribution is -0.140. The molecule has 0 radical (unpaired) electrons. The number of ketones is 1. The molecule has 0 atom stereocenters. The molecule has 0 aromatic carbocycles. The third kappa shape index (κ3) is 13.1. The number of allylic oxidation sites excluding steroid dienone is 4. The Bertz CT molecular complexity index is 316. The number of carbonyl (C=O) groups is 2. The minimum atomic E-state index is -0.114. The predicted molar refractivity (Wildman–Crippen MR) is 82.5 cm³/mol.